The van der Waals surface area contributed by atoms with Gasteiger partial charge in [-0.05, 0) is 97.7 Å². The molecule has 6 heteroatoms. The van der Waals surface area contributed by atoms with E-state index < -0.39 is 6.10 Å². The molecule has 6 unspecified atom stereocenters. The lowest BCUT2D eigenvalue weighted by atomic mass is 9.69. The quantitative estimate of drug-likeness (QED) is 0.195. The van der Waals surface area contributed by atoms with E-state index in [4.69, 9.17) is 14.2 Å². The van der Waals surface area contributed by atoms with Gasteiger partial charge in [-0.1, -0.05) is 64.0 Å². The third-order valence-corrected chi connectivity index (χ3v) is 12.9. The minimum absolute atomic E-state index is 0.0291. The number of hydrogen-bond donors (Lipinski definition) is 2. The molecule has 3 aliphatic carbocycles. The van der Waals surface area contributed by atoms with E-state index in [-0.39, 0.29) is 11.5 Å². The van der Waals surface area contributed by atoms with Gasteiger partial charge in [0, 0.05) is 31.1 Å². The summed E-state index contributed by atoms with van der Waals surface area (Å²) in [5.74, 6) is 3.55. The maximum absolute atomic E-state index is 10.3. The summed E-state index contributed by atoms with van der Waals surface area (Å²) >= 11 is 0. The van der Waals surface area contributed by atoms with Gasteiger partial charge in [0.15, 0.2) is 11.5 Å². The number of methoxy groups -OCH3 is 1. The number of aliphatic hydroxyl groups excluding tert-OH is 1. The Kier molecular flexibility index (Phi) is 8.45. The first-order valence-electron chi connectivity index (χ1n) is 17.7. The Balaban J connectivity index is 0.832. The Hall–Kier alpha value is -2.54. The fourth-order valence-corrected chi connectivity index (χ4v) is 9.62. The standard InChI is InChI=1S/C39H54N2O4/c1-37(2)29-15-17-38(37,3)33(23-29)40-25-27-9-12-31(13-10-27)44-22-8-6-5-7-20-41-21-19-39-18-16-30(42)24-34(39)45-36-32(43-4)14-11-28(26-41)35(36)39/h9-14,16,18,29-30,33-34,40,42H,5-8,15,17,19-26H2,1-4H3. The van der Waals surface area contributed by atoms with Crippen LogP contribution >= 0.6 is 0 Å². The molecule has 2 aromatic carbocycles. The molecule has 6 atom stereocenters. The van der Waals surface area contributed by atoms with E-state index in [0.29, 0.717) is 23.3 Å². The molecule has 2 aromatic rings. The van der Waals surface area contributed by atoms with Crippen LogP contribution < -0.4 is 19.5 Å². The van der Waals surface area contributed by atoms with Crippen molar-refractivity contribution in [2.75, 3.05) is 26.8 Å². The van der Waals surface area contributed by atoms with Crippen LogP contribution in [0, 0.1) is 16.7 Å². The van der Waals surface area contributed by atoms with Crippen LogP contribution in [-0.2, 0) is 18.5 Å². The number of unbranched alkanes of at least 4 members (excludes halogenated alkanes) is 3. The van der Waals surface area contributed by atoms with E-state index in [9.17, 15) is 5.11 Å². The first-order chi connectivity index (χ1) is 21.7. The molecule has 0 saturated heterocycles. The zero-order valence-corrected chi connectivity index (χ0v) is 27.9. The van der Waals surface area contributed by atoms with Gasteiger partial charge in [0.05, 0.1) is 25.2 Å². The minimum atomic E-state index is -0.442. The van der Waals surface area contributed by atoms with Crippen molar-refractivity contribution in [2.45, 2.75) is 115 Å². The van der Waals surface area contributed by atoms with Crippen LogP contribution in [0.15, 0.2) is 48.6 Å². The highest BCUT2D eigenvalue weighted by Gasteiger charge is 2.61. The fraction of sp³-hybridized carbons (Fsp3) is 0.641. The third-order valence-electron chi connectivity index (χ3n) is 12.9. The van der Waals surface area contributed by atoms with E-state index in [1.165, 1.54) is 55.2 Å². The second-order valence-electron chi connectivity index (χ2n) is 15.4. The molecular weight excluding hydrogens is 560 g/mol. The number of fused-ring (bicyclic) bond motifs is 2. The third kappa shape index (κ3) is 5.49. The van der Waals surface area contributed by atoms with E-state index >= 15 is 0 Å². The van der Waals surface area contributed by atoms with Crippen molar-refractivity contribution < 1.29 is 19.3 Å². The lowest BCUT2D eigenvalue weighted by molar-refractivity contribution is 0.0809. The second-order valence-corrected chi connectivity index (χ2v) is 15.4. The molecular formula is C39H54N2O4. The largest absolute Gasteiger partial charge is 0.494 e. The molecule has 2 bridgehead atoms. The lowest BCUT2D eigenvalue weighted by Gasteiger charge is -2.39. The van der Waals surface area contributed by atoms with Crippen molar-refractivity contribution in [3.63, 3.8) is 0 Å². The molecule has 0 radical (unpaired) electrons. The van der Waals surface area contributed by atoms with Crippen molar-refractivity contribution in [1.82, 2.24) is 10.2 Å². The molecule has 0 amide bonds. The molecule has 5 aliphatic rings. The van der Waals surface area contributed by atoms with Gasteiger partial charge in [-0.15, -0.1) is 0 Å². The number of rotatable bonds is 12. The number of nitrogens with one attached hydrogen (secondary N) is 1. The zero-order chi connectivity index (χ0) is 31.2. The highest BCUT2D eigenvalue weighted by atomic mass is 16.5. The van der Waals surface area contributed by atoms with Gasteiger partial charge in [0.1, 0.15) is 11.9 Å². The second kappa shape index (κ2) is 12.2. The summed E-state index contributed by atoms with van der Waals surface area (Å²) < 4.78 is 18.2. The van der Waals surface area contributed by atoms with Crippen LogP contribution in [0.2, 0.25) is 0 Å². The molecule has 2 fully saturated rings. The number of benzene rings is 2. The van der Waals surface area contributed by atoms with Gasteiger partial charge in [-0.3, -0.25) is 4.90 Å². The Labute approximate surface area is 270 Å². The van der Waals surface area contributed by atoms with Gasteiger partial charge in [-0.25, -0.2) is 0 Å². The van der Waals surface area contributed by atoms with Crippen LogP contribution in [0.1, 0.15) is 95.2 Å². The predicted octanol–water partition coefficient (Wildman–Crippen LogP) is 7.16. The normalized spacial score (nSPS) is 32.6. The van der Waals surface area contributed by atoms with Crippen LogP contribution in [0.3, 0.4) is 0 Å². The van der Waals surface area contributed by atoms with Gasteiger partial charge < -0.3 is 24.6 Å². The number of aliphatic hydroxyl groups is 1. The molecule has 2 aliphatic heterocycles. The molecule has 45 heavy (non-hydrogen) atoms. The van der Waals surface area contributed by atoms with Crippen LogP contribution in [0.25, 0.3) is 0 Å². The Morgan fingerprint density at radius 1 is 1.00 bits per heavy atom. The van der Waals surface area contributed by atoms with Crippen molar-refractivity contribution >= 4 is 0 Å². The highest BCUT2D eigenvalue weighted by molar-refractivity contribution is 5.61. The maximum Gasteiger partial charge on any atom is 0.166 e. The molecule has 7 rings (SSSR count). The predicted molar refractivity (Wildman–Crippen MR) is 179 cm³/mol. The molecule has 1 spiro atoms. The Bertz CT molecular complexity index is 1390. The molecule has 2 saturated carbocycles. The van der Waals surface area contributed by atoms with Gasteiger partial charge in [-0.2, -0.15) is 0 Å². The van der Waals surface area contributed by atoms with Gasteiger partial charge in [0.2, 0.25) is 0 Å². The lowest BCUT2D eigenvalue weighted by Crippen LogP contribution is -2.44. The van der Waals surface area contributed by atoms with Gasteiger partial charge >= 0.3 is 0 Å². The summed E-state index contributed by atoms with van der Waals surface area (Å²) in [7, 11) is 1.71. The smallest absolute Gasteiger partial charge is 0.166 e. The van der Waals surface area contributed by atoms with Crippen molar-refractivity contribution in [2.24, 2.45) is 16.7 Å². The average molecular weight is 615 g/mol. The summed E-state index contributed by atoms with van der Waals surface area (Å²) in [6.07, 6.45) is 14.1. The summed E-state index contributed by atoms with van der Waals surface area (Å²) in [4.78, 5) is 2.61. The SMILES string of the molecule is COc1ccc2c3c1OC1CC(O)C=CC31CCN(CCCCCCOc1ccc(CNC3CC4CCC3(C)C4(C)C)cc1)C2. The zero-order valence-electron chi connectivity index (χ0n) is 27.9. The topological polar surface area (TPSA) is 63.2 Å². The average Bonchev–Trinajstić information content (AvgIpc) is 3.49. The summed E-state index contributed by atoms with van der Waals surface area (Å²) in [6.45, 7) is 12.3. The summed E-state index contributed by atoms with van der Waals surface area (Å²) in [5.41, 5.74) is 4.68. The van der Waals surface area contributed by atoms with Crippen molar-refractivity contribution in [3.05, 3.63) is 65.2 Å². The monoisotopic (exact) mass is 614 g/mol. The van der Waals surface area contributed by atoms with E-state index in [2.05, 4.69) is 67.4 Å². The Morgan fingerprint density at radius 2 is 1.82 bits per heavy atom. The van der Waals surface area contributed by atoms with Crippen LogP contribution in [-0.4, -0.2) is 55.1 Å². The molecule has 2 N–H and O–H groups in total. The molecule has 2 heterocycles. The first-order valence-corrected chi connectivity index (χ1v) is 17.7. The van der Waals surface area contributed by atoms with Gasteiger partial charge in [0.25, 0.3) is 0 Å². The highest BCUT2D eigenvalue weighted by Crippen LogP contribution is 2.65. The van der Waals surface area contributed by atoms with Crippen LogP contribution in [0.5, 0.6) is 17.2 Å². The maximum atomic E-state index is 10.3. The van der Waals surface area contributed by atoms with E-state index in [1.54, 1.807) is 7.11 Å². The molecule has 244 valence electrons. The van der Waals surface area contributed by atoms with Crippen LogP contribution in [0.4, 0.5) is 0 Å². The number of nitrogens with zero attached hydrogens (tertiary/aromatic N) is 1. The number of hydrogen-bond acceptors (Lipinski definition) is 6. The summed E-state index contributed by atoms with van der Waals surface area (Å²) in [6, 6.07) is 13.6. The fourth-order valence-electron chi connectivity index (χ4n) is 9.62. The minimum Gasteiger partial charge on any atom is -0.494 e. The molecule has 6 nitrogen and oxygen atoms in total. The van der Waals surface area contributed by atoms with E-state index in [1.807, 2.05) is 12.1 Å². The molecule has 0 aromatic heterocycles. The number of ether oxygens (including phenoxy) is 3. The van der Waals surface area contributed by atoms with Crippen molar-refractivity contribution in [1.29, 1.82) is 0 Å². The van der Waals surface area contributed by atoms with E-state index in [0.717, 1.165) is 68.8 Å². The Morgan fingerprint density at radius 3 is 2.58 bits per heavy atom. The van der Waals surface area contributed by atoms with Crippen molar-refractivity contribution in [3.8, 4) is 17.2 Å². The first kappa shape index (κ1) is 31.1. The summed E-state index contributed by atoms with van der Waals surface area (Å²) in [5, 5.41) is 14.2.